The second kappa shape index (κ2) is 8.43. The van der Waals surface area contributed by atoms with E-state index in [9.17, 15) is 9.90 Å². The lowest BCUT2D eigenvalue weighted by Crippen LogP contribution is -2.41. The highest BCUT2D eigenvalue weighted by Crippen LogP contribution is 2.34. The molecule has 1 aliphatic rings. The fraction of sp³-hybridized carbons (Fsp3) is 0.435. The summed E-state index contributed by atoms with van der Waals surface area (Å²) in [5, 5.41) is 14.3. The highest BCUT2D eigenvalue weighted by molar-refractivity contribution is 5.72. The van der Waals surface area contributed by atoms with Crippen LogP contribution in [0.15, 0.2) is 51.7 Å². The van der Waals surface area contributed by atoms with E-state index < -0.39 is 11.9 Å². The smallest absolute Gasteiger partial charge is 0.417 e. The van der Waals surface area contributed by atoms with Gasteiger partial charge < -0.3 is 19.6 Å². The Balaban J connectivity index is 1.33. The summed E-state index contributed by atoms with van der Waals surface area (Å²) in [6, 6.07) is 13.9. The van der Waals surface area contributed by atoms with Crippen molar-refractivity contribution >= 4 is 11.1 Å². The van der Waals surface area contributed by atoms with Crippen molar-refractivity contribution in [3.8, 4) is 5.75 Å². The summed E-state index contributed by atoms with van der Waals surface area (Å²) in [6.45, 7) is 2.03. The molecule has 1 fully saturated rings. The van der Waals surface area contributed by atoms with Crippen molar-refractivity contribution < 1.29 is 14.3 Å². The Morgan fingerprint density at radius 2 is 1.86 bits per heavy atom. The summed E-state index contributed by atoms with van der Waals surface area (Å²) in [6.07, 6.45) is 3.70. The predicted molar refractivity (Wildman–Crippen MR) is 112 cm³/mol. The molecule has 1 aliphatic carbocycles. The van der Waals surface area contributed by atoms with Crippen LogP contribution in [0.5, 0.6) is 5.75 Å². The van der Waals surface area contributed by atoms with Crippen molar-refractivity contribution in [2.45, 2.75) is 56.7 Å². The zero-order valence-corrected chi connectivity index (χ0v) is 16.9. The van der Waals surface area contributed by atoms with E-state index in [0.717, 1.165) is 42.5 Å². The molecule has 0 amide bonds. The molecule has 29 heavy (non-hydrogen) atoms. The van der Waals surface area contributed by atoms with Gasteiger partial charge in [0.1, 0.15) is 5.75 Å². The van der Waals surface area contributed by atoms with Gasteiger partial charge >= 0.3 is 5.76 Å². The number of benzene rings is 2. The zero-order chi connectivity index (χ0) is 20.4. The molecule has 4 rings (SSSR count). The van der Waals surface area contributed by atoms with E-state index in [1.807, 2.05) is 43.3 Å². The quantitative estimate of drug-likeness (QED) is 0.589. The van der Waals surface area contributed by atoms with E-state index >= 15 is 0 Å². The molecule has 1 heterocycles. The number of ether oxygens (including phenoxy) is 1. The summed E-state index contributed by atoms with van der Waals surface area (Å²) in [5.41, 5.74) is 3.49. The highest BCUT2D eigenvalue weighted by atomic mass is 16.5. The number of aromatic amines is 1. The van der Waals surface area contributed by atoms with E-state index in [1.165, 1.54) is 5.56 Å². The predicted octanol–water partition coefficient (Wildman–Crippen LogP) is 3.87. The number of aliphatic hydroxyl groups excluding tert-OH is 1. The molecule has 154 valence electrons. The van der Waals surface area contributed by atoms with Crippen LogP contribution in [0.3, 0.4) is 0 Å². The maximum atomic E-state index is 11.4. The fourth-order valence-corrected chi connectivity index (χ4v) is 4.36. The van der Waals surface area contributed by atoms with Gasteiger partial charge in [-0.15, -0.1) is 0 Å². The van der Waals surface area contributed by atoms with Gasteiger partial charge in [-0.25, -0.2) is 4.79 Å². The van der Waals surface area contributed by atoms with Gasteiger partial charge in [0, 0.05) is 12.1 Å². The third-order valence-corrected chi connectivity index (χ3v) is 6.07. The Morgan fingerprint density at radius 1 is 1.14 bits per heavy atom. The molecule has 6 heteroatoms. The molecule has 3 aromatic rings. The van der Waals surface area contributed by atoms with Gasteiger partial charge in [-0.3, -0.25) is 4.98 Å². The van der Waals surface area contributed by atoms with Crippen molar-refractivity contribution in [3.05, 3.63) is 64.1 Å². The number of nitrogens with one attached hydrogen (secondary N) is 2. The summed E-state index contributed by atoms with van der Waals surface area (Å²) >= 11 is 0. The van der Waals surface area contributed by atoms with Crippen LogP contribution in [0.25, 0.3) is 11.1 Å². The first-order valence-electron chi connectivity index (χ1n) is 10.2. The van der Waals surface area contributed by atoms with Crippen LogP contribution in [0.4, 0.5) is 0 Å². The number of hydrogen-bond acceptors (Lipinski definition) is 5. The number of rotatable bonds is 6. The molecule has 3 N–H and O–H groups in total. The first kappa shape index (κ1) is 19.7. The Kier molecular flexibility index (Phi) is 5.74. The average Bonchev–Trinajstić information content (AvgIpc) is 3.13. The second-order valence-electron chi connectivity index (χ2n) is 7.99. The van der Waals surface area contributed by atoms with Crippen LogP contribution < -0.4 is 15.8 Å². The largest absolute Gasteiger partial charge is 0.497 e. The lowest BCUT2D eigenvalue weighted by Gasteiger charge is -2.33. The van der Waals surface area contributed by atoms with Gasteiger partial charge in [0.25, 0.3) is 0 Å². The van der Waals surface area contributed by atoms with Gasteiger partial charge in [0.2, 0.25) is 0 Å². The Morgan fingerprint density at radius 3 is 2.55 bits per heavy atom. The van der Waals surface area contributed by atoms with Gasteiger partial charge in [-0.2, -0.15) is 0 Å². The Labute approximate surface area is 169 Å². The number of aromatic nitrogens is 1. The monoisotopic (exact) mass is 396 g/mol. The van der Waals surface area contributed by atoms with Crippen molar-refractivity contribution in [2.24, 2.45) is 0 Å². The van der Waals surface area contributed by atoms with Crippen LogP contribution in [0.2, 0.25) is 0 Å². The zero-order valence-electron chi connectivity index (χ0n) is 16.9. The van der Waals surface area contributed by atoms with Crippen LogP contribution in [-0.4, -0.2) is 29.3 Å². The molecule has 0 unspecified atom stereocenters. The van der Waals surface area contributed by atoms with Gasteiger partial charge in [-0.1, -0.05) is 18.2 Å². The van der Waals surface area contributed by atoms with Gasteiger partial charge in [0.05, 0.1) is 18.7 Å². The lowest BCUT2D eigenvalue weighted by atomic mass is 9.81. The molecule has 1 saturated carbocycles. The molecule has 1 aromatic heterocycles. The number of oxazole rings is 1. The first-order chi connectivity index (χ1) is 14.0. The summed E-state index contributed by atoms with van der Waals surface area (Å²) in [7, 11) is 1.64. The molecule has 0 spiro atoms. The average molecular weight is 396 g/mol. The molecule has 0 bridgehead atoms. The number of hydrogen-bond donors (Lipinski definition) is 3. The minimum Gasteiger partial charge on any atom is -0.497 e. The fourth-order valence-electron chi connectivity index (χ4n) is 4.36. The van der Waals surface area contributed by atoms with Gasteiger partial charge in [0.15, 0.2) is 5.58 Å². The topological polar surface area (TPSA) is 87.5 Å². The molecule has 2 aromatic carbocycles. The van der Waals surface area contributed by atoms with Crippen molar-refractivity contribution in [2.75, 3.05) is 7.11 Å². The number of methoxy groups -OCH3 is 1. The molecule has 0 saturated heterocycles. The summed E-state index contributed by atoms with van der Waals surface area (Å²) in [4.78, 5) is 14.0. The number of H-pyrrole nitrogens is 1. The molecule has 2 atom stereocenters. The van der Waals surface area contributed by atoms with E-state index in [4.69, 9.17) is 9.15 Å². The standard InChI is InChI=1S/C23H28N2O4/c1-14(22(26)16-5-10-19(28-2)11-6-16)24-18-8-3-15(4-9-18)17-7-12-20-21(13-17)29-23(27)25-20/h5-7,10-15,18,22,24,26H,3-4,8-9H2,1-2H3,(H,25,27)/t14-,15?,18?,22-/m0/s1. The van der Waals surface area contributed by atoms with Crippen LogP contribution >= 0.6 is 0 Å². The van der Waals surface area contributed by atoms with Crippen molar-refractivity contribution in [3.63, 3.8) is 0 Å². The number of fused-ring (bicyclic) bond motifs is 1. The molecule has 0 aliphatic heterocycles. The van der Waals surface area contributed by atoms with E-state index in [1.54, 1.807) is 7.11 Å². The minimum atomic E-state index is -0.558. The third-order valence-electron chi connectivity index (χ3n) is 6.07. The molecular weight excluding hydrogens is 368 g/mol. The Bertz CT molecular complexity index is 1000. The Hall–Kier alpha value is -2.57. The first-order valence-corrected chi connectivity index (χ1v) is 10.2. The number of aliphatic hydroxyl groups is 1. The van der Waals surface area contributed by atoms with E-state index in [0.29, 0.717) is 17.5 Å². The lowest BCUT2D eigenvalue weighted by molar-refractivity contribution is 0.124. The summed E-state index contributed by atoms with van der Waals surface area (Å²) in [5.74, 6) is 0.853. The molecular formula is C23H28N2O4. The summed E-state index contributed by atoms with van der Waals surface area (Å²) < 4.78 is 10.4. The van der Waals surface area contributed by atoms with Crippen molar-refractivity contribution in [1.82, 2.24) is 10.3 Å². The maximum Gasteiger partial charge on any atom is 0.417 e. The highest BCUT2D eigenvalue weighted by Gasteiger charge is 2.26. The van der Waals surface area contributed by atoms with Crippen LogP contribution in [-0.2, 0) is 0 Å². The van der Waals surface area contributed by atoms with Crippen LogP contribution in [0.1, 0.15) is 55.8 Å². The second-order valence-corrected chi connectivity index (χ2v) is 7.99. The van der Waals surface area contributed by atoms with Crippen molar-refractivity contribution in [1.29, 1.82) is 0 Å². The third kappa shape index (κ3) is 4.38. The van der Waals surface area contributed by atoms with E-state index in [2.05, 4.69) is 16.4 Å². The van der Waals surface area contributed by atoms with Gasteiger partial charge in [-0.05, 0) is 73.9 Å². The maximum absolute atomic E-state index is 11.4. The molecule has 0 radical (unpaired) electrons. The van der Waals surface area contributed by atoms with Crippen LogP contribution in [0, 0.1) is 0 Å². The normalized spacial score (nSPS) is 21.8. The molecule has 6 nitrogen and oxygen atoms in total. The SMILES string of the molecule is COc1ccc([C@@H](O)[C@H](C)NC2CCC(c3ccc4[nH]c(=O)oc4c3)CC2)cc1. The minimum absolute atomic E-state index is 0.0320. The van der Waals surface area contributed by atoms with E-state index in [-0.39, 0.29) is 6.04 Å².